The third-order valence-electron chi connectivity index (χ3n) is 2.17. The Bertz CT molecular complexity index is 651. The van der Waals surface area contributed by atoms with Gasteiger partial charge in [-0.3, -0.25) is 0 Å². The Labute approximate surface area is 104 Å². The molecule has 0 radical (unpaired) electrons. The van der Waals surface area contributed by atoms with Crippen molar-refractivity contribution in [1.29, 1.82) is 0 Å². The molecule has 0 amide bonds. The lowest BCUT2D eigenvalue weighted by Crippen LogP contribution is -2.16. The van der Waals surface area contributed by atoms with Crippen LogP contribution in [0.3, 0.4) is 0 Å². The molecule has 3 N–H and O–H groups in total. The molecule has 0 spiro atoms. The van der Waals surface area contributed by atoms with Crippen molar-refractivity contribution in [1.82, 2.24) is 10.1 Å². The van der Waals surface area contributed by atoms with E-state index in [1.807, 2.05) is 0 Å². The summed E-state index contributed by atoms with van der Waals surface area (Å²) >= 11 is 0. The minimum atomic E-state index is -3.62. The summed E-state index contributed by atoms with van der Waals surface area (Å²) in [5.41, 5.74) is 6.62. The number of benzene rings is 1. The van der Waals surface area contributed by atoms with E-state index in [4.69, 9.17) is 5.73 Å². The minimum absolute atomic E-state index is 0.151. The fourth-order valence-electron chi connectivity index (χ4n) is 1.38. The Morgan fingerprint density at radius 2 is 2.11 bits per heavy atom. The molecule has 96 valence electrons. The van der Waals surface area contributed by atoms with Crippen LogP contribution in [-0.2, 0) is 15.8 Å². The van der Waals surface area contributed by atoms with Crippen LogP contribution < -0.4 is 10.5 Å². The second-order valence-corrected chi connectivity index (χ2v) is 5.43. The molecule has 1 aromatic heterocycles. The molecule has 1 heterocycles. The third-order valence-corrected chi connectivity index (χ3v) is 3.35. The third kappa shape index (κ3) is 2.98. The van der Waals surface area contributed by atoms with Gasteiger partial charge in [0.1, 0.15) is 0 Å². The maximum absolute atomic E-state index is 11.8. The molecule has 8 heteroatoms. The number of sulfonamides is 1. The van der Waals surface area contributed by atoms with Crippen LogP contribution in [0.15, 0.2) is 28.8 Å². The first-order valence-corrected chi connectivity index (χ1v) is 6.76. The zero-order valence-electron chi connectivity index (χ0n) is 9.62. The first-order chi connectivity index (χ1) is 8.46. The van der Waals surface area contributed by atoms with Gasteiger partial charge in [0.05, 0.1) is 5.75 Å². The molecule has 0 unspecified atom stereocenters. The predicted octanol–water partition coefficient (Wildman–Crippen LogP) is 0.902. The van der Waals surface area contributed by atoms with Gasteiger partial charge >= 0.3 is 6.01 Å². The molecule has 18 heavy (non-hydrogen) atoms. The topological polar surface area (TPSA) is 111 Å². The van der Waals surface area contributed by atoms with Crippen LogP contribution in [0.5, 0.6) is 0 Å². The Hall–Kier alpha value is -2.09. The fourth-order valence-corrected chi connectivity index (χ4v) is 2.47. The van der Waals surface area contributed by atoms with E-state index in [1.54, 1.807) is 31.2 Å². The predicted molar refractivity (Wildman–Crippen MR) is 66.1 cm³/mol. The maximum atomic E-state index is 11.8. The van der Waals surface area contributed by atoms with Crippen LogP contribution in [0.4, 0.5) is 11.7 Å². The lowest BCUT2D eigenvalue weighted by molar-refractivity contribution is 0.429. The van der Waals surface area contributed by atoms with Gasteiger partial charge in [-0.1, -0.05) is 23.4 Å². The van der Waals surface area contributed by atoms with E-state index in [9.17, 15) is 8.42 Å². The highest BCUT2D eigenvalue weighted by molar-refractivity contribution is 7.91. The zero-order chi connectivity index (χ0) is 13.2. The Morgan fingerprint density at radius 1 is 1.39 bits per heavy atom. The lowest BCUT2D eigenvalue weighted by Gasteiger charge is -2.06. The number of nitrogen functional groups attached to an aromatic ring is 1. The van der Waals surface area contributed by atoms with Gasteiger partial charge in [-0.05, 0) is 18.6 Å². The van der Waals surface area contributed by atoms with Crippen molar-refractivity contribution >= 4 is 21.7 Å². The lowest BCUT2D eigenvalue weighted by atomic mass is 10.2. The van der Waals surface area contributed by atoms with Gasteiger partial charge in [0.25, 0.3) is 0 Å². The molecule has 7 nitrogen and oxygen atoms in total. The second-order valence-electron chi connectivity index (χ2n) is 3.71. The van der Waals surface area contributed by atoms with E-state index in [0.29, 0.717) is 17.1 Å². The normalized spacial score (nSPS) is 11.4. The summed E-state index contributed by atoms with van der Waals surface area (Å²) < 4.78 is 30.5. The Morgan fingerprint density at radius 3 is 2.72 bits per heavy atom. The van der Waals surface area contributed by atoms with E-state index in [2.05, 4.69) is 19.4 Å². The SMILES string of the molecule is Cc1noc(NS(=O)(=O)Cc2ccccc2N)n1. The fraction of sp³-hybridized carbons (Fsp3) is 0.200. The molecule has 0 aliphatic carbocycles. The number of anilines is 2. The van der Waals surface area contributed by atoms with Crippen LogP contribution >= 0.6 is 0 Å². The highest BCUT2D eigenvalue weighted by Gasteiger charge is 2.16. The Kier molecular flexibility index (Phi) is 3.19. The summed E-state index contributed by atoms with van der Waals surface area (Å²) in [5.74, 6) is 0.105. The number of aromatic nitrogens is 2. The number of hydrogen-bond acceptors (Lipinski definition) is 6. The highest BCUT2D eigenvalue weighted by Crippen LogP contribution is 2.15. The molecular weight excluding hydrogens is 256 g/mol. The van der Waals surface area contributed by atoms with Gasteiger partial charge in [-0.25, -0.2) is 13.1 Å². The van der Waals surface area contributed by atoms with Crippen molar-refractivity contribution in [3.05, 3.63) is 35.7 Å². The van der Waals surface area contributed by atoms with E-state index in [1.165, 1.54) is 0 Å². The first-order valence-electron chi connectivity index (χ1n) is 5.10. The molecule has 2 aromatic rings. The molecule has 0 saturated carbocycles. The summed E-state index contributed by atoms with van der Waals surface area (Å²) in [6.45, 7) is 1.59. The van der Waals surface area contributed by atoms with E-state index < -0.39 is 10.0 Å². The Balaban J connectivity index is 2.15. The standard InChI is InChI=1S/C10H12N4O3S/c1-7-12-10(17-13-7)14-18(15,16)6-8-4-2-3-5-9(8)11/h2-5H,6,11H2,1H3,(H,12,13,14). The summed E-state index contributed by atoms with van der Waals surface area (Å²) in [4.78, 5) is 3.76. The van der Waals surface area contributed by atoms with Crippen molar-refractivity contribution in [3.8, 4) is 0 Å². The first kappa shape index (κ1) is 12.4. The van der Waals surface area contributed by atoms with Gasteiger partial charge < -0.3 is 10.3 Å². The van der Waals surface area contributed by atoms with E-state index >= 15 is 0 Å². The largest absolute Gasteiger partial charge is 0.398 e. The van der Waals surface area contributed by atoms with Crippen molar-refractivity contribution in [2.24, 2.45) is 0 Å². The average molecular weight is 268 g/mol. The minimum Gasteiger partial charge on any atom is -0.398 e. The van der Waals surface area contributed by atoms with E-state index in [-0.39, 0.29) is 11.8 Å². The van der Waals surface area contributed by atoms with Crippen LogP contribution in [-0.4, -0.2) is 18.6 Å². The van der Waals surface area contributed by atoms with Crippen LogP contribution in [0, 0.1) is 6.92 Å². The number of rotatable bonds is 4. The molecular formula is C10H12N4O3S. The molecule has 2 rings (SSSR count). The van der Waals surface area contributed by atoms with Crippen molar-refractivity contribution in [3.63, 3.8) is 0 Å². The van der Waals surface area contributed by atoms with E-state index in [0.717, 1.165) is 0 Å². The maximum Gasteiger partial charge on any atom is 0.335 e. The van der Waals surface area contributed by atoms with Crippen LogP contribution in [0.1, 0.15) is 11.4 Å². The molecule has 1 aromatic carbocycles. The quantitative estimate of drug-likeness (QED) is 0.797. The number of hydrogen-bond donors (Lipinski definition) is 2. The molecule has 0 bridgehead atoms. The smallest absolute Gasteiger partial charge is 0.335 e. The molecule has 0 aliphatic heterocycles. The van der Waals surface area contributed by atoms with Crippen molar-refractivity contribution < 1.29 is 12.9 Å². The molecule has 0 atom stereocenters. The zero-order valence-corrected chi connectivity index (χ0v) is 10.4. The van der Waals surface area contributed by atoms with Gasteiger partial charge in [-0.15, -0.1) is 0 Å². The number of nitrogens with two attached hydrogens (primary N) is 1. The van der Waals surface area contributed by atoms with Crippen molar-refractivity contribution in [2.75, 3.05) is 10.5 Å². The number of para-hydroxylation sites is 1. The molecule has 0 aliphatic rings. The number of aryl methyl sites for hydroxylation is 1. The van der Waals surface area contributed by atoms with Crippen molar-refractivity contribution in [2.45, 2.75) is 12.7 Å². The van der Waals surface area contributed by atoms with Crippen LogP contribution in [0.2, 0.25) is 0 Å². The van der Waals surface area contributed by atoms with Gasteiger partial charge in [0.2, 0.25) is 10.0 Å². The molecule has 0 fully saturated rings. The van der Waals surface area contributed by atoms with Gasteiger partial charge in [0.15, 0.2) is 5.82 Å². The summed E-state index contributed by atoms with van der Waals surface area (Å²) in [6, 6.07) is 6.59. The molecule has 0 saturated heterocycles. The van der Waals surface area contributed by atoms with Gasteiger partial charge in [0, 0.05) is 5.69 Å². The van der Waals surface area contributed by atoms with Crippen LogP contribution in [0.25, 0.3) is 0 Å². The summed E-state index contributed by atoms with van der Waals surface area (Å²) in [6.07, 6.45) is 0. The summed E-state index contributed by atoms with van der Waals surface area (Å²) in [7, 11) is -3.62. The van der Waals surface area contributed by atoms with Gasteiger partial charge in [-0.2, -0.15) is 4.98 Å². The average Bonchev–Trinajstić information content (AvgIpc) is 2.66. The summed E-state index contributed by atoms with van der Waals surface area (Å²) in [5, 5.41) is 3.49. The number of nitrogens with zero attached hydrogens (tertiary/aromatic N) is 2. The highest BCUT2D eigenvalue weighted by atomic mass is 32.2. The second kappa shape index (κ2) is 4.65. The number of nitrogens with one attached hydrogen (secondary N) is 1. The monoisotopic (exact) mass is 268 g/mol.